The van der Waals surface area contributed by atoms with E-state index in [0.717, 1.165) is 45.2 Å². The summed E-state index contributed by atoms with van der Waals surface area (Å²) < 4.78 is 0. The Labute approximate surface area is 165 Å². The molecule has 154 valence electrons. The van der Waals surface area contributed by atoms with Crippen molar-refractivity contribution in [2.75, 3.05) is 26.2 Å². The van der Waals surface area contributed by atoms with E-state index in [1.807, 2.05) is 20.8 Å². The van der Waals surface area contributed by atoms with Crippen LogP contribution < -0.4 is 10.6 Å². The van der Waals surface area contributed by atoms with Crippen LogP contribution in [0.3, 0.4) is 0 Å². The summed E-state index contributed by atoms with van der Waals surface area (Å²) in [5.74, 6) is 0.354. The summed E-state index contributed by atoms with van der Waals surface area (Å²) in [5.41, 5.74) is -1.14. The predicted octanol–water partition coefficient (Wildman–Crippen LogP) is 2.70. The molecule has 0 radical (unpaired) electrons. The van der Waals surface area contributed by atoms with Gasteiger partial charge in [-0.15, -0.1) is 0 Å². The van der Waals surface area contributed by atoms with Gasteiger partial charge < -0.3 is 5.32 Å². The van der Waals surface area contributed by atoms with Crippen molar-refractivity contribution < 1.29 is 9.59 Å². The molecule has 2 N–H and O–H groups in total. The Balaban J connectivity index is 2.24. The second-order valence-electron chi connectivity index (χ2n) is 9.21. The van der Waals surface area contributed by atoms with Gasteiger partial charge in [0.15, 0.2) is 11.6 Å². The molecule has 2 rings (SSSR count). The van der Waals surface area contributed by atoms with E-state index in [1.165, 1.54) is 0 Å². The van der Waals surface area contributed by atoms with Crippen molar-refractivity contribution in [1.82, 2.24) is 15.5 Å². The van der Waals surface area contributed by atoms with E-state index < -0.39 is 11.1 Å². The topological polar surface area (TPSA) is 61.4 Å². The standard InChI is InChI=1S/C22H39N3O2/c1-17(2)20(27)22-12-14-25(16-22)13-10-8-6-7-9-11-21(5,24-18(3)4)19(26)15-23-22/h8,10,17-18,23-24H,6-7,9,11-16H2,1-5H3/t21-,22-/m0/s1. The Hall–Kier alpha value is -1.04. The molecule has 5 heteroatoms. The third kappa shape index (κ3) is 5.72. The van der Waals surface area contributed by atoms with Crippen LogP contribution in [0.15, 0.2) is 12.2 Å². The fourth-order valence-electron chi connectivity index (χ4n) is 4.49. The van der Waals surface area contributed by atoms with Crippen molar-refractivity contribution in [3.63, 3.8) is 0 Å². The molecule has 1 fully saturated rings. The number of allylic oxidation sites excluding steroid dienone is 1. The lowest BCUT2D eigenvalue weighted by atomic mass is 9.84. The number of carbonyl (C=O) groups excluding carboxylic acids is 2. The summed E-state index contributed by atoms with van der Waals surface area (Å²) in [6.45, 7) is 12.8. The third-order valence-electron chi connectivity index (χ3n) is 5.98. The lowest BCUT2D eigenvalue weighted by Crippen LogP contribution is -2.61. The van der Waals surface area contributed by atoms with Crippen molar-refractivity contribution in [2.45, 2.75) is 83.8 Å². The first kappa shape index (κ1) is 22.3. The van der Waals surface area contributed by atoms with Gasteiger partial charge in [-0.3, -0.25) is 19.8 Å². The monoisotopic (exact) mass is 377 g/mol. The zero-order valence-electron chi connectivity index (χ0n) is 17.9. The highest BCUT2D eigenvalue weighted by Crippen LogP contribution is 2.26. The number of Topliss-reactive ketones (excluding diaryl/α,β-unsaturated/α-hetero) is 2. The highest BCUT2D eigenvalue weighted by Gasteiger charge is 2.45. The van der Waals surface area contributed by atoms with Gasteiger partial charge in [0.1, 0.15) is 0 Å². The van der Waals surface area contributed by atoms with Gasteiger partial charge in [0.2, 0.25) is 0 Å². The van der Waals surface area contributed by atoms with E-state index in [2.05, 4.69) is 41.5 Å². The molecule has 2 bridgehead atoms. The Kier molecular flexibility index (Phi) is 7.78. The van der Waals surface area contributed by atoms with Crippen LogP contribution in [0.2, 0.25) is 0 Å². The third-order valence-corrected chi connectivity index (χ3v) is 5.98. The molecule has 27 heavy (non-hydrogen) atoms. The average molecular weight is 378 g/mol. The van der Waals surface area contributed by atoms with Gasteiger partial charge in [-0.1, -0.05) is 32.4 Å². The molecule has 1 saturated heterocycles. The molecule has 3 atom stereocenters. The number of carbonyl (C=O) groups is 2. The number of rotatable bonds is 4. The Bertz CT molecular complexity index is 558. The van der Waals surface area contributed by atoms with Crippen LogP contribution in [0.4, 0.5) is 0 Å². The molecule has 2 aliphatic rings. The summed E-state index contributed by atoms with van der Waals surface area (Å²) in [5, 5.41) is 6.93. The zero-order chi connectivity index (χ0) is 20.1. The van der Waals surface area contributed by atoms with Crippen molar-refractivity contribution in [3.8, 4) is 0 Å². The minimum absolute atomic E-state index is 0.0397. The molecule has 0 aromatic rings. The molecule has 0 aromatic carbocycles. The minimum Gasteiger partial charge on any atom is -0.303 e. The van der Waals surface area contributed by atoms with Crippen LogP contribution in [-0.4, -0.2) is 59.8 Å². The van der Waals surface area contributed by atoms with E-state index in [4.69, 9.17) is 0 Å². The van der Waals surface area contributed by atoms with E-state index in [-0.39, 0.29) is 30.1 Å². The van der Waals surface area contributed by atoms with E-state index >= 15 is 0 Å². The Morgan fingerprint density at radius 1 is 1.19 bits per heavy atom. The van der Waals surface area contributed by atoms with Crippen LogP contribution >= 0.6 is 0 Å². The lowest BCUT2D eigenvalue weighted by molar-refractivity contribution is -0.129. The van der Waals surface area contributed by atoms with Gasteiger partial charge in [0.05, 0.1) is 17.6 Å². The number of nitrogens with zero attached hydrogens (tertiary/aromatic N) is 1. The number of hydrogen-bond acceptors (Lipinski definition) is 5. The molecule has 0 amide bonds. The maximum Gasteiger partial charge on any atom is 0.166 e. The summed E-state index contributed by atoms with van der Waals surface area (Å²) >= 11 is 0. The molecule has 5 nitrogen and oxygen atoms in total. The number of hydrogen-bond donors (Lipinski definition) is 2. The second kappa shape index (κ2) is 9.44. The van der Waals surface area contributed by atoms with Crippen LogP contribution in [0.25, 0.3) is 0 Å². The largest absolute Gasteiger partial charge is 0.303 e. The van der Waals surface area contributed by atoms with Crippen molar-refractivity contribution in [3.05, 3.63) is 12.2 Å². The van der Waals surface area contributed by atoms with Crippen LogP contribution in [0.5, 0.6) is 0 Å². The van der Waals surface area contributed by atoms with E-state index in [1.54, 1.807) is 0 Å². The second-order valence-corrected chi connectivity index (χ2v) is 9.21. The zero-order valence-corrected chi connectivity index (χ0v) is 17.9. The molecule has 2 aliphatic heterocycles. The van der Waals surface area contributed by atoms with Crippen LogP contribution in [0.1, 0.15) is 66.7 Å². The molecule has 1 unspecified atom stereocenters. The Morgan fingerprint density at radius 2 is 1.93 bits per heavy atom. The average Bonchev–Trinajstić information content (AvgIpc) is 3.01. The molecule has 0 spiro atoms. The highest BCUT2D eigenvalue weighted by molar-refractivity contribution is 5.93. The van der Waals surface area contributed by atoms with Gasteiger partial charge in [-0.2, -0.15) is 0 Å². The molecule has 0 saturated carbocycles. The number of ketones is 2. The van der Waals surface area contributed by atoms with Crippen molar-refractivity contribution in [1.29, 1.82) is 0 Å². The summed E-state index contributed by atoms with van der Waals surface area (Å²) in [4.78, 5) is 28.5. The first-order valence-electron chi connectivity index (χ1n) is 10.7. The normalized spacial score (nSPS) is 33.4. The van der Waals surface area contributed by atoms with Crippen molar-refractivity contribution >= 4 is 11.6 Å². The van der Waals surface area contributed by atoms with Gasteiger partial charge in [-0.25, -0.2) is 0 Å². The van der Waals surface area contributed by atoms with Gasteiger partial charge in [0.25, 0.3) is 0 Å². The Morgan fingerprint density at radius 3 is 2.59 bits per heavy atom. The maximum atomic E-state index is 13.2. The maximum absolute atomic E-state index is 13.2. The smallest absolute Gasteiger partial charge is 0.166 e. The van der Waals surface area contributed by atoms with Gasteiger partial charge in [-0.05, 0) is 46.5 Å². The van der Waals surface area contributed by atoms with Gasteiger partial charge >= 0.3 is 0 Å². The quantitative estimate of drug-likeness (QED) is 0.738. The predicted molar refractivity (Wildman–Crippen MR) is 111 cm³/mol. The van der Waals surface area contributed by atoms with Crippen LogP contribution in [0, 0.1) is 5.92 Å². The van der Waals surface area contributed by atoms with E-state index in [9.17, 15) is 9.59 Å². The van der Waals surface area contributed by atoms with Gasteiger partial charge in [0, 0.05) is 31.6 Å². The fraction of sp³-hybridized carbons (Fsp3) is 0.818. The molecule has 0 aliphatic carbocycles. The number of nitrogens with one attached hydrogen (secondary N) is 2. The fourth-order valence-corrected chi connectivity index (χ4v) is 4.49. The first-order valence-corrected chi connectivity index (χ1v) is 10.7. The summed E-state index contributed by atoms with van der Waals surface area (Å²) in [7, 11) is 0. The highest BCUT2D eigenvalue weighted by atomic mass is 16.1. The summed E-state index contributed by atoms with van der Waals surface area (Å²) in [6, 6.07) is 0.242. The molecular weight excluding hydrogens is 338 g/mol. The van der Waals surface area contributed by atoms with E-state index in [0.29, 0.717) is 6.54 Å². The minimum atomic E-state index is -0.597. The van der Waals surface area contributed by atoms with Crippen molar-refractivity contribution in [2.24, 2.45) is 5.92 Å². The lowest BCUT2D eigenvalue weighted by Gasteiger charge is -2.35. The summed E-state index contributed by atoms with van der Waals surface area (Å²) in [6.07, 6.45) is 9.26. The molecular formula is C22H39N3O2. The number of fused-ring (bicyclic) bond motifs is 2. The molecule has 2 heterocycles. The SMILES string of the molecule is CC(C)N[C@@]1(C)CCCCC=CCN2CC[C@@](C(=O)C(C)C)(C2)NCC1=O. The van der Waals surface area contributed by atoms with Crippen LogP contribution in [-0.2, 0) is 9.59 Å². The first-order chi connectivity index (χ1) is 12.7. The molecule has 0 aromatic heterocycles.